The molecule has 0 saturated heterocycles. The number of nitrogens with zero attached hydrogens (tertiary/aromatic N) is 1. The topological polar surface area (TPSA) is 42.0 Å². The largest absolute Gasteiger partial charge is 0.326 e. The van der Waals surface area contributed by atoms with Gasteiger partial charge in [-0.25, -0.2) is 9.37 Å². The van der Waals surface area contributed by atoms with E-state index in [4.69, 9.17) is 0 Å². The summed E-state index contributed by atoms with van der Waals surface area (Å²) >= 11 is 1.66. The molecule has 2 aromatic carbocycles. The van der Waals surface area contributed by atoms with Crippen LogP contribution in [0.25, 0.3) is 10.2 Å². The molecule has 5 heteroatoms. The number of halogens is 1. The van der Waals surface area contributed by atoms with Crippen LogP contribution >= 0.6 is 11.3 Å². The fourth-order valence-corrected chi connectivity index (χ4v) is 3.23. The van der Waals surface area contributed by atoms with Crippen molar-refractivity contribution in [3.8, 4) is 0 Å². The van der Waals surface area contributed by atoms with Crippen molar-refractivity contribution in [2.75, 3.05) is 5.32 Å². The Labute approximate surface area is 131 Å². The zero-order valence-corrected chi connectivity index (χ0v) is 12.7. The van der Waals surface area contributed by atoms with Crippen LogP contribution in [0.15, 0.2) is 48.5 Å². The number of aromatic nitrogens is 1. The number of carbonyl (C=O) groups is 1. The minimum Gasteiger partial charge on any atom is -0.326 e. The van der Waals surface area contributed by atoms with Gasteiger partial charge in [-0.05, 0) is 43.2 Å². The zero-order valence-electron chi connectivity index (χ0n) is 11.9. The molecule has 0 bridgehead atoms. The minimum atomic E-state index is -0.354. The fraction of sp³-hybridized carbons (Fsp3) is 0.176. The lowest BCUT2D eigenvalue weighted by atomic mass is 10.2. The summed E-state index contributed by atoms with van der Waals surface area (Å²) in [5, 5.41) is 3.74. The van der Waals surface area contributed by atoms with Gasteiger partial charge in [0, 0.05) is 12.1 Å². The Balaban J connectivity index is 1.51. The summed E-state index contributed by atoms with van der Waals surface area (Å²) in [5.41, 5.74) is 1.50. The van der Waals surface area contributed by atoms with Crippen LogP contribution in [0.1, 0.15) is 17.8 Å². The maximum Gasteiger partial charge on any atom is 0.224 e. The first-order valence-corrected chi connectivity index (χ1v) is 7.92. The number of carbonyl (C=O) groups excluding carboxylic acids is 1. The maximum atomic E-state index is 13.0. The van der Waals surface area contributed by atoms with Gasteiger partial charge >= 0.3 is 0 Å². The summed E-state index contributed by atoms with van der Waals surface area (Å²) in [6.07, 6.45) is 1.89. The Morgan fingerprint density at radius 1 is 1.18 bits per heavy atom. The van der Waals surface area contributed by atoms with Crippen LogP contribution in [0.5, 0.6) is 0 Å². The van der Waals surface area contributed by atoms with Gasteiger partial charge in [-0.1, -0.05) is 18.2 Å². The molecule has 0 atom stereocenters. The lowest BCUT2D eigenvalue weighted by Crippen LogP contribution is -2.11. The lowest BCUT2D eigenvalue weighted by Gasteiger charge is -2.04. The van der Waals surface area contributed by atoms with Crippen molar-refractivity contribution in [1.82, 2.24) is 4.98 Å². The molecule has 1 N–H and O–H groups in total. The summed E-state index contributed by atoms with van der Waals surface area (Å²) in [6, 6.07) is 13.9. The van der Waals surface area contributed by atoms with E-state index in [0.29, 0.717) is 12.1 Å². The van der Waals surface area contributed by atoms with Crippen molar-refractivity contribution in [2.24, 2.45) is 0 Å². The third-order valence-electron chi connectivity index (χ3n) is 3.24. The number of anilines is 1. The number of para-hydroxylation sites is 1. The Kier molecular flexibility index (Phi) is 4.44. The van der Waals surface area contributed by atoms with E-state index in [0.717, 1.165) is 23.4 Å². The normalized spacial score (nSPS) is 10.8. The molecule has 0 radical (unpaired) electrons. The van der Waals surface area contributed by atoms with E-state index in [-0.39, 0.29) is 11.7 Å². The predicted molar refractivity (Wildman–Crippen MR) is 87.6 cm³/mol. The second-order valence-electron chi connectivity index (χ2n) is 4.99. The van der Waals surface area contributed by atoms with E-state index in [1.165, 1.54) is 16.8 Å². The Bertz CT molecular complexity index is 767. The van der Waals surface area contributed by atoms with Gasteiger partial charge in [0.25, 0.3) is 0 Å². The highest BCUT2D eigenvalue weighted by Gasteiger charge is 2.06. The van der Waals surface area contributed by atoms with Crippen molar-refractivity contribution in [3.05, 3.63) is 59.4 Å². The number of rotatable bonds is 5. The smallest absolute Gasteiger partial charge is 0.224 e. The van der Waals surface area contributed by atoms with Crippen molar-refractivity contribution in [3.63, 3.8) is 0 Å². The van der Waals surface area contributed by atoms with E-state index in [2.05, 4.69) is 10.3 Å². The van der Waals surface area contributed by atoms with Gasteiger partial charge in [-0.15, -0.1) is 11.3 Å². The van der Waals surface area contributed by atoms with Crippen LogP contribution < -0.4 is 5.32 Å². The van der Waals surface area contributed by atoms with Crippen LogP contribution in [0.3, 0.4) is 0 Å². The first-order chi connectivity index (χ1) is 10.7. The molecule has 0 aliphatic heterocycles. The number of amides is 1. The number of aryl methyl sites for hydroxylation is 1. The predicted octanol–water partition coefficient (Wildman–Crippen LogP) is 4.40. The monoisotopic (exact) mass is 314 g/mol. The number of hydrogen-bond acceptors (Lipinski definition) is 3. The molecular weight excluding hydrogens is 299 g/mol. The summed E-state index contributed by atoms with van der Waals surface area (Å²) in [7, 11) is 0. The molecule has 3 nitrogen and oxygen atoms in total. The van der Waals surface area contributed by atoms with Crippen LogP contribution in [0.4, 0.5) is 10.1 Å². The molecule has 112 valence electrons. The number of nitrogens with one attached hydrogen (secondary N) is 1. The Morgan fingerprint density at radius 3 is 2.86 bits per heavy atom. The highest BCUT2D eigenvalue weighted by atomic mass is 32.1. The molecule has 0 spiro atoms. The van der Waals surface area contributed by atoms with E-state index in [9.17, 15) is 9.18 Å². The van der Waals surface area contributed by atoms with E-state index in [1.54, 1.807) is 23.5 Å². The number of hydrogen-bond donors (Lipinski definition) is 1. The third-order valence-corrected chi connectivity index (χ3v) is 4.34. The van der Waals surface area contributed by atoms with Crippen molar-refractivity contribution in [2.45, 2.75) is 19.3 Å². The van der Waals surface area contributed by atoms with Crippen molar-refractivity contribution in [1.29, 1.82) is 0 Å². The minimum absolute atomic E-state index is 0.105. The van der Waals surface area contributed by atoms with Gasteiger partial charge in [-0.3, -0.25) is 4.79 Å². The SMILES string of the molecule is O=C(CCCc1nc2ccccc2s1)Nc1cccc(F)c1. The zero-order chi connectivity index (χ0) is 15.4. The summed E-state index contributed by atoms with van der Waals surface area (Å²) in [4.78, 5) is 16.4. The molecule has 0 saturated carbocycles. The van der Waals surface area contributed by atoms with Gasteiger partial charge in [0.1, 0.15) is 5.82 Å². The van der Waals surface area contributed by atoms with Crippen LogP contribution in [0.2, 0.25) is 0 Å². The molecule has 1 aromatic heterocycles. The molecule has 3 aromatic rings. The highest BCUT2D eigenvalue weighted by molar-refractivity contribution is 7.18. The molecule has 22 heavy (non-hydrogen) atoms. The average Bonchev–Trinajstić information content (AvgIpc) is 2.90. The van der Waals surface area contributed by atoms with Crippen LogP contribution in [-0.2, 0) is 11.2 Å². The molecule has 3 rings (SSSR count). The summed E-state index contributed by atoms with van der Waals surface area (Å²) in [5.74, 6) is -0.459. The van der Waals surface area contributed by atoms with Gasteiger partial charge in [0.05, 0.1) is 15.2 Å². The van der Waals surface area contributed by atoms with E-state index in [1.807, 2.05) is 24.3 Å². The average molecular weight is 314 g/mol. The highest BCUT2D eigenvalue weighted by Crippen LogP contribution is 2.22. The first kappa shape index (κ1) is 14.7. The van der Waals surface area contributed by atoms with Gasteiger partial charge in [-0.2, -0.15) is 0 Å². The second-order valence-corrected chi connectivity index (χ2v) is 6.10. The van der Waals surface area contributed by atoms with Gasteiger partial charge in [0.15, 0.2) is 0 Å². The van der Waals surface area contributed by atoms with Crippen molar-refractivity contribution < 1.29 is 9.18 Å². The molecule has 0 aliphatic carbocycles. The molecular formula is C17H15FN2OS. The quantitative estimate of drug-likeness (QED) is 0.758. The third kappa shape index (κ3) is 3.68. The molecule has 1 heterocycles. The Morgan fingerprint density at radius 2 is 2.05 bits per heavy atom. The molecule has 1 amide bonds. The number of thiazole rings is 1. The van der Waals surface area contributed by atoms with Crippen LogP contribution in [0, 0.1) is 5.82 Å². The standard InChI is InChI=1S/C17H15FN2OS/c18-12-5-3-6-13(11-12)19-16(21)9-4-10-17-20-14-7-1-2-8-15(14)22-17/h1-3,5-8,11H,4,9-10H2,(H,19,21). The summed E-state index contributed by atoms with van der Waals surface area (Å²) in [6.45, 7) is 0. The fourth-order valence-electron chi connectivity index (χ4n) is 2.22. The van der Waals surface area contributed by atoms with E-state index >= 15 is 0 Å². The van der Waals surface area contributed by atoms with E-state index < -0.39 is 0 Å². The molecule has 0 fully saturated rings. The summed E-state index contributed by atoms with van der Waals surface area (Å²) < 4.78 is 14.2. The van der Waals surface area contributed by atoms with Crippen molar-refractivity contribution >= 4 is 33.1 Å². The maximum absolute atomic E-state index is 13.0. The molecule has 0 aliphatic rings. The van der Waals surface area contributed by atoms with Gasteiger partial charge < -0.3 is 5.32 Å². The van der Waals surface area contributed by atoms with Gasteiger partial charge in [0.2, 0.25) is 5.91 Å². The number of benzene rings is 2. The second kappa shape index (κ2) is 6.66. The lowest BCUT2D eigenvalue weighted by molar-refractivity contribution is -0.116. The van der Waals surface area contributed by atoms with Crippen LogP contribution in [-0.4, -0.2) is 10.9 Å². The number of fused-ring (bicyclic) bond motifs is 1. The molecule has 0 unspecified atom stereocenters. The Hall–Kier alpha value is -2.27. The first-order valence-electron chi connectivity index (χ1n) is 7.10.